The van der Waals surface area contributed by atoms with Crippen molar-refractivity contribution in [1.82, 2.24) is 4.98 Å². The highest BCUT2D eigenvalue weighted by Crippen LogP contribution is 2.12. The Hall–Kier alpha value is -1.84. The molecule has 0 amide bonds. The Balaban J connectivity index is 1.68. The summed E-state index contributed by atoms with van der Waals surface area (Å²) in [5, 5.41) is 0. The smallest absolute Gasteiger partial charge is 0.337 e. The lowest BCUT2D eigenvalue weighted by Gasteiger charge is -2.04. The highest BCUT2D eigenvalue weighted by atomic mass is 16.5. The molecule has 18 heavy (non-hydrogen) atoms. The molecule has 1 aliphatic heterocycles. The first-order chi connectivity index (χ1) is 8.75. The van der Waals surface area contributed by atoms with E-state index in [9.17, 15) is 4.79 Å². The van der Waals surface area contributed by atoms with Crippen LogP contribution in [0.25, 0.3) is 0 Å². The molecule has 0 N–H and O–H groups in total. The van der Waals surface area contributed by atoms with E-state index in [1.165, 1.54) is 6.26 Å². The molecule has 0 aromatic carbocycles. The maximum Gasteiger partial charge on any atom is 0.337 e. The summed E-state index contributed by atoms with van der Waals surface area (Å²) < 4.78 is 10.2. The van der Waals surface area contributed by atoms with E-state index in [2.05, 4.69) is 4.98 Å². The summed E-state index contributed by atoms with van der Waals surface area (Å²) in [4.78, 5) is 15.9. The number of nitrogens with zero attached hydrogens (tertiary/aromatic N) is 1. The van der Waals surface area contributed by atoms with E-state index in [0.717, 1.165) is 24.2 Å². The van der Waals surface area contributed by atoms with Gasteiger partial charge >= 0.3 is 5.97 Å². The molecule has 2 heterocycles. The molecule has 0 atom stereocenters. The van der Waals surface area contributed by atoms with Gasteiger partial charge in [-0.25, -0.2) is 4.79 Å². The van der Waals surface area contributed by atoms with Crippen molar-refractivity contribution in [2.24, 2.45) is 0 Å². The lowest BCUT2D eigenvalue weighted by molar-refractivity contribution is -0.139. The summed E-state index contributed by atoms with van der Waals surface area (Å²) in [6.45, 7) is 2.97. The van der Waals surface area contributed by atoms with Gasteiger partial charge in [0.1, 0.15) is 0 Å². The van der Waals surface area contributed by atoms with E-state index in [-0.39, 0.29) is 5.97 Å². The van der Waals surface area contributed by atoms with Crippen LogP contribution in [0.1, 0.15) is 24.2 Å². The van der Waals surface area contributed by atoms with Gasteiger partial charge in [0.2, 0.25) is 0 Å². The van der Waals surface area contributed by atoms with Crippen LogP contribution >= 0.6 is 0 Å². The van der Waals surface area contributed by atoms with Gasteiger partial charge in [-0.3, -0.25) is 4.98 Å². The fourth-order valence-corrected chi connectivity index (χ4v) is 1.79. The molecule has 0 unspecified atom stereocenters. The topological polar surface area (TPSA) is 48.4 Å². The molecule has 0 saturated heterocycles. The number of rotatable bonds is 5. The molecule has 0 aliphatic carbocycles. The van der Waals surface area contributed by atoms with E-state index in [4.69, 9.17) is 9.47 Å². The molecule has 1 aromatic heterocycles. The first kappa shape index (κ1) is 12.6. The second-order valence-corrected chi connectivity index (χ2v) is 4.27. The summed E-state index contributed by atoms with van der Waals surface area (Å²) >= 11 is 0. The molecule has 0 saturated carbocycles. The van der Waals surface area contributed by atoms with Crippen LogP contribution in [-0.2, 0) is 20.7 Å². The number of hydrogen-bond acceptors (Lipinski definition) is 4. The van der Waals surface area contributed by atoms with Gasteiger partial charge in [0.05, 0.1) is 25.0 Å². The van der Waals surface area contributed by atoms with Crippen molar-refractivity contribution in [1.29, 1.82) is 0 Å². The SMILES string of the molecule is Cc1cccc(CCCOC(=O)C2=COCC2)n1. The van der Waals surface area contributed by atoms with Crippen LogP contribution in [0.4, 0.5) is 0 Å². The summed E-state index contributed by atoms with van der Waals surface area (Å²) in [6.07, 6.45) is 3.75. The van der Waals surface area contributed by atoms with Crippen molar-refractivity contribution in [2.45, 2.75) is 26.2 Å². The molecule has 4 nitrogen and oxygen atoms in total. The van der Waals surface area contributed by atoms with Crippen molar-refractivity contribution >= 4 is 5.97 Å². The lowest BCUT2D eigenvalue weighted by atomic mass is 10.2. The molecule has 96 valence electrons. The molecule has 4 heteroatoms. The van der Waals surface area contributed by atoms with Crippen LogP contribution in [0, 0.1) is 6.92 Å². The third-order valence-corrected chi connectivity index (χ3v) is 2.73. The first-order valence-corrected chi connectivity index (χ1v) is 6.16. The molecule has 2 rings (SSSR count). The third kappa shape index (κ3) is 3.58. The predicted octanol–water partition coefficient (Wildman–Crippen LogP) is 2.17. The van der Waals surface area contributed by atoms with E-state index < -0.39 is 0 Å². The average molecular weight is 247 g/mol. The van der Waals surface area contributed by atoms with Crippen molar-refractivity contribution in [3.63, 3.8) is 0 Å². The zero-order valence-corrected chi connectivity index (χ0v) is 10.5. The fraction of sp³-hybridized carbons (Fsp3) is 0.429. The molecular weight excluding hydrogens is 230 g/mol. The lowest BCUT2D eigenvalue weighted by Crippen LogP contribution is -2.08. The number of pyridine rings is 1. The minimum Gasteiger partial charge on any atom is -0.500 e. The van der Waals surface area contributed by atoms with Gasteiger partial charge in [0.15, 0.2) is 0 Å². The highest BCUT2D eigenvalue weighted by molar-refractivity contribution is 5.88. The molecule has 0 radical (unpaired) electrons. The Morgan fingerprint density at radius 2 is 2.39 bits per heavy atom. The fourth-order valence-electron chi connectivity index (χ4n) is 1.79. The van der Waals surface area contributed by atoms with Crippen LogP contribution in [0.15, 0.2) is 30.0 Å². The largest absolute Gasteiger partial charge is 0.500 e. The molecule has 1 aromatic rings. The summed E-state index contributed by atoms with van der Waals surface area (Å²) in [6, 6.07) is 5.95. The number of aromatic nitrogens is 1. The number of hydrogen-bond donors (Lipinski definition) is 0. The van der Waals surface area contributed by atoms with Crippen molar-refractivity contribution in [3.05, 3.63) is 41.4 Å². The van der Waals surface area contributed by atoms with Crippen LogP contribution in [-0.4, -0.2) is 24.2 Å². The number of carbonyl (C=O) groups excluding carboxylic acids is 1. The van der Waals surface area contributed by atoms with Crippen LogP contribution < -0.4 is 0 Å². The van der Waals surface area contributed by atoms with Crippen LogP contribution in [0.2, 0.25) is 0 Å². The Morgan fingerprint density at radius 1 is 1.50 bits per heavy atom. The monoisotopic (exact) mass is 247 g/mol. The molecule has 1 aliphatic rings. The van der Waals surface area contributed by atoms with Crippen molar-refractivity contribution in [3.8, 4) is 0 Å². The molecule has 0 bridgehead atoms. The standard InChI is InChI=1S/C14H17NO3/c1-11-4-2-5-13(15-11)6-3-8-18-14(16)12-7-9-17-10-12/h2,4-5,10H,3,6-9H2,1H3. The Kier molecular flexibility index (Phi) is 4.34. The summed E-state index contributed by atoms with van der Waals surface area (Å²) in [7, 11) is 0. The molecule has 0 fully saturated rings. The zero-order valence-electron chi connectivity index (χ0n) is 10.5. The maximum atomic E-state index is 11.5. The van der Waals surface area contributed by atoms with Gasteiger partial charge < -0.3 is 9.47 Å². The number of aryl methyl sites for hydroxylation is 2. The van der Waals surface area contributed by atoms with Crippen molar-refractivity contribution in [2.75, 3.05) is 13.2 Å². The first-order valence-electron chi connectivity index (χ1n) is 6.16. The molecule has 0 spiro atoms. The highest BCUT2D eigenvalue weighted by Gasteiger charge is 2.15. The van der Waals surface area contributed by atoms with Crippen LogP contribution in [0.5, 0.6) is 0 Å². The van der Waals surface area contributed by atoms with Gasteiger partial charge in [0, 0.05) is 17.8 Å². The van der Waals surface area contributed by atoms with E-state index >= 15 is 0 Å². The Bertz CT molecular complexity index is 454. The Labute approximate surface area is 107 Å². The van der Waals surface area contributed by atoms with Crippen LogP contribution in [0.3, 0.4) is 0 Å². The minimum atomic E-state index is -0.260. The van der Waals surface area contributed by atoms with Gasteiger partial charge in [0.25, 0.3) is 0 Å². The second kappa shape index (κ2) is 6.19. The van der Waals surface area contributed by atoms with E-state index in [0.29, 0.717) is 25.2 Å². The number of ether oxygens (including phenoxy) is 2. The number of carbonyl (C=O) groups is 1. The average Bonchev–Trinajstić information content (AvgIpc) is 2.88. The van der Waals surface area contributed by atoms with E-state index in [1.54, 1.807) is 0 Å². The minimum absolute atomic E-state index is 0.260. The predicted molar refractivity (Wildman–Crippen MR) is 66.9 cm³/mol. The van der Waals surface area contributed by atoms with Gasteiger partial charge in [-0.05, 0) is 31.9 Å². The number of esters is 1. The third-order valence-electron chi connectivity index (χ3n) is 2.73. The van der Waals surface area contributed by atoms with Crippen molar-refractivity contribution < 1.29 is 14.3 Å². The Morgan fingerprint density at radius 3 is 3.11 bits per heavy atom. The summed E-state index contributed by atoms with van der Waals surface area (Å²) in [5.74, 6) is -0.260. The second-order valence-electron chi connectivity index (χ2n) is 4.27. The zero-order chi connectivity index (χ0) is 12.8. The quantitative estimate of drug-likeness (QED) is 0.591. The summed E-state index contributed by atoms with van der Waals surface area (Å²) in [5.41, 5.74) is 2.68. The maximum absolute atomic E-state index is 11.5. The van der Waals surface area contributed by atoms with Gasteiger partial charge in [-0.2, -0.15) is 0 Å². The van der Waals surface area contributed by atoms with Gasteiger partial charge in [-0.15, -0.1) is 0 Å². The normalized spacial score (nSPS) is 13.9. The van der Waals surface area contributed by atoms with Gasteiger partial charge in [-0.1, -0.05) is 6.07 Å². The van der Waals surface area contributed by atoms with E-state index in [1.807, 2.05) is 25.1 Å². The molecular formula is C14H17NO3.